The first kappa shape index (κ1) is 38.0. The first-order chi connectivity index (χ1) is 18.5. The van der Waals surface area contributed by atoms with Crippen LogP contribution < -0.4 is 0 Å². The first-order valence-corrected chi connectivity index (χ1v) is 18.5. The first-order valence-electron chi connectivity index (χ1n) is 18.5. The Kier molecular flexibility index (Phi) is 28.5. The van der Waals surface area contributed by atoms with Gasteiger partial charge in [-0.3, -0.25) is 0 Å². The van der Waals surface area contributed by atoms with Crippen LogP contribution in [0.15, 0.2) is 0 Å². The van der Waals surface area contributed by atoms with Crippen LogP contribution >= 0.6 is 0 Å². The van der Waals surface area contributed by atoms with Gasteiger partial charge in [-0.15, -0.1) is 0 Å². The minimum atomic E-state index is 0.907. The number of rotatable bonds is 30. The minimum Gasteiger partial charge on any atom is -0.0654 e. The van der Waals surface area contributed by atoms with Gasteiger partial charge >= 0.3 is 0 Å². The summed E-state index contributed by atoms with van der Waals surface area (Å²) in [5.74, 6) is 4.66. The van der Waals surface area contributed by atoms with Crippen molar-refractivity contribution in [2.24, 2.45) is 29.6 Å². The van der Waals surface area contributed by atoms with Gasteiger partial charge in [-0.25, -0.2) is 0 Å². The van der Waals surface area contributed by atoms with Crippen molar-refractivity contribution >= 4 is 0 Å². The zero-order chi connectivity index (χ0) is 28.3. The third kappa shape index (κ3) is 22.8. The van der Waals surface area contributed by atoms with Crippen LogP contribution in [0.1, 0.15) is 215 Å². The van der Waals surface area contributed by atoms with Crippen LogP contribution in [0.25, 0.3) is 0 Å². The Bertz CT molecular complexity index is 439. The maximum atomic E-state index is 2.64. The lowest BCUT2D eigenvalue weighted by molar-refractivity contribution is 0.180. The van der Waals surface area contributed by atoms with Crippen molar-refractivity contribution in [1.29, 1.82) is 0 Å². The number of hydrogen-bond donors (Lipinski definition) is 0. The van der Waals surface area contributed by atoms with Gasteiger partial charge < -0.3 is 0 Å². The van der Waals surface area contributed by atoms with Crippen molar-refractivity contribution in [2.75, 3.05) is 0 Å². The van der Waals surface area contributed by atoms with E-state index in [1.807, 2.05) is 0 Å². The normalized spacial score (nSPS) is 15.9. The second-order valence-corrected chi connectivity index (χ2v) is 13.8. The molecule has 0 spiro atoms. The van der Waals surface area contributed by atoms with Gasteiger partial charge in [-0.1, -0.05) is 203 Å². The Morgan fingerprint density at radius 2 is 0.789 bits per heavy atom. The molecule has 0 bridgehead atoms. The summed E-state index contributed by atoms with van der Waals surface area (Å²) in [7, 11) is 0. The molecule has 5 atom stereocenters. The molecule has 0 fully saturated rings. The van der Waals surface area contributed by atoms with E-state index in [1.165, 1.54) is 167 Å². The fraction of sp³-hybridized carbons (Fsp3) is 1.00. The van der Waals surface area contributed by atoms with Gasteiger partial charge in [-0.2, -0.15) is 0 Å². The maximum Gasteiger partial charge on any atom is -0.0363 e. The molecule has 0 saturated heterocycles. The minimum absolute atomic E-state index is 0.907. The van der Waals surface area contributed by atoms with Gasteiger partial charge in [0, 0.05) is 0 Å². The van der Waals surface area contributed by atoms with Gasteiger partial charge in [0.25, 0.3) is 0 Å². The molecule has 0 heteroatoms. The summed E-state index contributed by atoms with van der Waals surface area (Å²) in [5, 5.41) is 0. The van der Waals surface area contributed by atoms with Gasteiger partial charge in [0.15, 0.2) is 0 Å². The average molecular weight is 535 g/mol. The molecule has 0 aromatic rings. The van der Waals surface area contributed by atoms with Crippen LogP contribution in [-0.4, -0.2) is 0 Å². The van der Waals surface area contributed by atoms with E-state index in [9.17, 15) is 0 Å². The highest BCUT2D eigenvalue weighted by molar-refractivity contribution is 4.76. The fourth-order valence-corrected chi connectivity index (χ4v) is 7.05. The zero-order valence-electron chi connectivity index (χ0n) is 28.3. The lowest BCUT2D eigenvalue weighted by atomic mass is 9.73. The Morgan fingerprint density at radius 1 is 0.368 bits per heavy atom. The van der Waals surface area contributed by atoms with Crippen molar-refractivity contribution in [3.05, 3.63) is 0 Å². The summed E-state index contributed by atoms with van der Waals surface area (Å²) in [6, 6.07) is 0. The van der Waals surface area contributed by atoms with Crippen LogP contribution in [-0.2, 0) is 0 Å². The molecule has 0 aromatic carbocycles. The molecule has 0 N–H and O–H groups in total. The molecule has 0 rings (SSSR count). The van der Waals surface area contributed by atoms with E-state index in [-0.39, 0.29) is 0 Å². The van der Waals surface area contributed by atoms with Crippen LogP contribution in [0.3, 0.4) is 0 Å². The Balaban J connectivity index is 4.47. The molecule has 230 valence electrons. The fourth-order valence-electron chi connectivity index (χ4n) is 7.05. The quantitative estimate of drug-likeness (QED) is 0.0803. The SMILES string of the molecule is CCCCCCCCCCC(C)CCC(CC)CC(C)C(CCCCCCC)C(C)CCCCCCCC. The van der Waals surface area contributed by atoms with Crippen LogP contribution in [0.2, 0.25) is 0 Å². The topological polar surface area (TPSA) is 0 Å². The van der Waals surface area contributed by atoms with E-state index in [1.54, 1.807) is 0 Å². The molecule has 0 aliphatic heterocycles. The molecule has 0 radical (unpaired) electrons. The largest absolute Gasteiger partial charge is 0.0654 e. The Labute approximate surface area is 244 Å². The van der Waals surface area contributed by atoms with E-state index in [4.69, 9.17) is 0 Å². The van der Waals surface area contributed by atoms with E-state index >= 15 is 0 Å². The van der Waals surface area contributed by atoms with Crippen molar-refractivity contribution in [3.63, 3.8) is 0 Å². The van der Waals surface area contributed by atoms with E-state index in [0.29, 0.717) is 0 Å². The van der Waals surface area contributed by atoms with E-state index in [2.05, 4.69) is 48.5 Å². The summed E-state index contributed by atoms with van der Waals surface area (Å²) in [6.45, 7) is 17.3. The van der Waals surface area contributed by atoms with Crippen LogP contribution in [0.4, 0.5) is 0 Å². The predicted octanol–water partition coefficient (Wildman–Crippen LogP) is 14.3. The van der Waals surface area contributed by atoms with E-state index in [0.717, 1.165) is 29.6 Å². The summed E-state index contributed by atoms with van der Waals surface area (Å²) < 4.78 is 0. The molecule has 0 aliphatic rings. The van der Waals surface area contributed by atoms with Crippen LogP contribution in [0.5, 0.6) is 0 Å². The molecule has 0 aliphatic carbocycles. The van der Waals surface area contributed by atoms with Gasteiger partial charge in [-0.05, 0) is 42.4 Å². The third-order valence-corrected chi connectivity index (χ3v) is 10.0. The second kappa shape index (κ2) is 28.5. The standard InChI is InChI=1S/C38H78/c1-8-12-15-18-20-21-23-25-28-34(5)31-32-37(11-4)33-36(7)38(30-27-22-17-14-10-3)35(6)29-26-24-19-16-13-9-2/h34-38H,8-33H2,1-7H3. The molecule has 0 amide bonds. The Hall–Kier alpha value is 0. The summed E-state index contributed by atoms with van der Waals surface area (Å²) >= 11 is 0. The van der Waals surface area contributed by atoms with Crippen molar-refractivity contribution < 1.29 is 0 Å². The van der Waals surface area contributed by atoms with Crippen molar-refractivity contribution in [1.82, 2.24) is 0 Å². The zero-order valence-corrected chi connectivity index (χ0v) is 28.3. The lowest BCUT2D eigenvalue weighted by Crippen LogP contribution is -2.23. The second-order valence-electron chi connectivity index (χ2n) is 13.8. The average Bonchev–Trinajstić information content (AvgIpc) is 2.91. The highest BCUT2D eigenvalue weighted by Gasteiger charge is 2.25. The monoisotopic (exact) mass is 535 g/mol. The van der Waals surface area contributed by atoms with Gasteiger partial charge in [0.05, 0.1) is 0 Å². The summed E-state index contributed by atoms with van der Waals surface area (Å²) in [4.78, 5) is 0. The number of hydrogen-bond acceptors (Lipinski definition) is 0. The maximum absolute atomic E-state index is 2.64. The molecular weight excluding hydrogens is 456 g/mol. The van der Waals surface area contributed by atoms with Crippen molar-refractivity contribution in [2.45, 2.75) is 215 Å². The van der Waals surface area contributed by atoms with Crippen molar-refractivity contribution in [3.8, 4) is 0 Å². The molecule has 0 nitrogen and oxygen atoms in total. The summed E-state index contributed by atoms with van der Waals surface area (Å²) in [5.41, 5.74) is 0. The van der Waals surface area contributed by atoms with Gasteiger partial charge in [0.1, 0.15) is 0 Å². The van der Waals surface area contributed by atoms with E-state index < -0.39 is 0 Å². The molecule has 0 saturated carbocycles. The van der Waals surface area contributed by atoms with Crippen LogP contribution in [0, 0.1) is 29.6 Å². The predicted molar refractivity (Wildman–Crippen MR) is 177 cm³/mol. The summed E-state index contributed by atoms with van der Waals surface area (Å²) in [6.07, 6.45) is 37.7. The lowest BCUT2D eigenvalue weighted by Gasteiger charge is -2.32. The molecular formula is C38H78. The highest BCUT2D eigenvalue weighted by Crippen LogP contribution is 2.36. The Morgan fingerprint density at radius 3 is 1.26 bits per heavy atom. The number of unbranched alkanes of at least 4 members (excludes halogenated alkanes) is 16. The molecule has 0 aromatic heterocycles. The molecule has 5 unspecified atom stereocenters. The smallest absolute Gasteiger partial charge is 0.0363 e. The third-order valence-electron chi connectivity index (χ3n) is 10.0. The van der Waals surface area contributed by atoms with Gasteiger partial charge in [0.2, 0.25) is 0 Å². The molecule has 0 heterocycles. The highest BCUT2D eigenvalue weighted by atomic mass is 14.3. The molecule has 38 heavy (non-hydrogen) atoms.